The molecule has 0 heterocycles. The zero-order chi connectivity index (χ0) is 17.0. The predicted octanol–water partition coefficient (Wildman–Crippen LogP) is 3.02. The van der Waals surface area contributed by atoms with Crippen molar-refractivity contribution in [1.82, 2.24) is 0 Å². The molecule has 2 aromatic rings. The number of anilines is 1. The molecule has 0 aromatic heterocycles. The Bertz CT molecular complexity index is 745. The number of aromatic hydroxyl groups is 1. The largest absolute Gasteiger partial charge is 0.507 e. The lowest BCUT2D eigenvalue weighted by molar-refractivity contribution is -0.123. The van der Waals surface area contributed by atoms with E-state index < -0.39 is 23.8 Å². The molecule has 2 N–H and O–H groups in total. The lowest BCUT2D eigenvalue weighted by atomic mass is 10.1. The fraction of sp³-hybridized carbons (Fsp3) is 0.176. The number of carbonyl (C=O) groups excluding carboxylic acids is 2. The van der Waals surface area contributed by atoms with Crippen LogP contribution in [0, 0.1) is 12.7 Å². The first-order valence-electron chi connectivity index (χ1n) is 6.94. The molecule has 0 bridgehead atoms. The van der Waals surface area contributed by atoms with Gasteiger partial charge in [0.1, 0.15) is 17.1 Å². The fourth-order valence-corrected chi connectivity index (χ4v) is 1.90. The standard InChI is InChI=1S/C17H16FNO4/c1-10-6-7-15(20)14(8-10)17(22)23-11(2)16(21)19-13-5-3-4-12(18)9-13/h3-9,11,20H,1-2H3,(H,19,21)/t11-/m1/s1. The number of hydrogen-bond donors (Lipinski definition) is 2. The van der Waals surface area contributed by atoms with Gasteiger partial charge in [0.15, 0.2) is 6.10 Å². The van der Waals surface area contributed by atoms with Crippen LogP contribution in [0.3, 0.4) is 0 Å². The van der Waals surface area contributed by atoms with Crippen molar-refractivity contribution in [2.45, 2.75) is 20.0 Å². The van der Waals surface area contributed by atoms with Crippen molar-refractivity contribution in [3.05, 3.63) is 59.4 Å². The van der Waals surface area contributed by atoms with Crippen LogP contribution in [-0.4, -0.2) is 23.1 Å². The number of phenolic OH excluding ortho intramolecular Hbond substituents is 1. The van der Waals surface area contributed by atoms with Gasteiger partial charge in [0.2, 0.25) is 0 Å². The smallest absolute Gasteiger partial charge is 0.342 e. The summed E-state index contributed by atoms with van der Waals surface area (Å²) in [5.74, 6) is -2.13. The van der Waals surface area contributed by atoms with E-state index in [0.29, 0.717) is 0 Å². The number of hydrogen-bond acceptors (Lipinski definition) is 4. The molecule has 5 nitrogen and oxygen atoms in total. The van der Waals surface area contributed by atoms with Crippen LogP contribution in [0.25, 0.3) is 0 Å². The lowest BCUT2D eigenvalue weighted by Crippen LogP contribution is -2.30. The van der Waals surface area contributed by atoms with Gasteiger partial charge in [-0.15, -0.1) is 0 Å². The van der Waals surface area contributed by atoms with Crippen molar-refractivity contribution in [3.63, 3.8) is 0 Å². The Morgan fingerprint density at radius 2 is 1.96 bits per heavy atom. The number of amides is 1. The minimum atomic E-state index is -1.11. The van der Waals surface area contributed by atoms with Crippen molar-refractivity contribution in [2.75, 3.05) is 5.32 Å². The number of aryl methyl sites for hydroxylation is 1. The topological polar surface area (TPSA) is 75.6 Å². The zero-order valence-corrected chi connectivity index (χ0v) is 12.7. The van der Waals surface area contributed by atoms with Gasteiger partial charge in [0.05, 0.1) is 0 Å². The molecule has 0 aliphatic heterocycles. The van der Waals surface area contributed by atoms with Gasteiger partial charge in [-0.25, -0.2) is 9.18 Å². The highest BCUT2D eigenvalue weighted by Gasteiger charge is 2.21. The van der Waals surface area contributed by atoms with E-state index in [9.17, 15) is 19.1 Å². The SMILES string of the molecule is Cc1ccc(O)c(C(=O)O[C@H](C)C(=O)Nc2cccc(F)c2)c1. The van der Waals surface area contributed by atoms with Crippen molar-refractivity contribution >= 4 is 17.6 Å². The first kappa shape index (κ1) is 16.5. The molecule has 1 atom stereocenters. The summed E-state index contributed by atoms with van der Waals surface area (Å²) < 4.78 is 18.1. The number of phenols is 1. The van der Waals surface area contributed by atoms with E-state index in [-0.39, 0.29) is 17.0 Å². The monoisotopic (exact) mass is 317 g/mol. The number of carbonyl (C=O) groups is 2. The van der Waals surface area contributed by atoms with E-state index in [1.165, 1.54) is 37.3 Å². The lowest BCUT2D eigenvalue weighted by Gasteiger charge is -2.14. The molecule has 0 aliphatic rings. The fourth-order valence-electron chi connectivity index (χ4n) is 1.90. The molecule has 1 amide bonds. The molecule has 0 saturated carbocycles. The Hall–Kier alpha value is -2.89. The maximum atomic E-state index is 13.1. The third-order valence-corrected chi connectivity index (χ3v) is 3.12. The highest BCUT2D eigenvalue weighted by atomic mass is 19.1. The van der Waals surface area contributed by atoms with Crippen LogP contribution in [0.2, 0.25) is 0 Å². The Balaban J connectivity index is 2.03. The number of rotatable bonds is 4. The summed E-state index contributed by atoms with van der Waals surface area (Å²) in [7, 11) is 0. The molecular formula is C17H16FNO4. The molecule has 120 valence electrons. The Labute approximate surface area is 132 Å². The molecule has 0 aliphatic carbocycles. The molecule has 0 saturated heterocycles. The summed E-state index contributed by atoms with van der Waals surface area (Å²) in [4.78, 5) is 24.0. The second-order valence-corrected chi connectivity index (χ2v) is 5.07. The van der Waals surface area contributed by atoms with Gasteiger partial charge in [-0.1, -0.05) is 17.7 Å². The van der Waals surface area contributed by atoms with Crippen molar-refractivity contribution < 1.29 is 23.8 Å². The van der Waals surface area contributed by atoms with Crippen LogP contribution < -0.4 is 5.32 Å². The first-order valence-corrected chi connectivity index (χ1v) is 6.94. The zero-order valence-electron chi connectivity index (χ0n) is 12.7. The van der Waals surface area contributed by atoms with Gasteiger partial charge in [0.25, 0.3) is 5.91 Å². The van der Waals surface area contributed by atoms with E-state index in [4.69, 9.17) is 4.74 Å². The molecule has 23 heavy (non-hydrogen) atoms. The van der Waals surface area contributed by atoms with Crippen molar-refractivity contribution in [1.29, 1.82) is 0 Å². The first-order chi connectivity index (χ1) is 10.9. The van der Waals surface area contributed by atoms with Crippen LogP contribution in [-0.2, 0) is 9.53 Å². The van der Waals surface area contributed by atoms with Crippen LogP contribution in [0.1, 0.15) is 22.8 Å². The van der Waals surface area contributed by atoms with Gasteiger partial charge in [-0.05, 0) is 44.2 Å². The highest BCUT2D eigenvalue weighted by molar-refractivity contribution is 5.98. The predicted molar refractivity (Wildman–Crippen MR) is 82.8 cm³/mol. The second kappa shape index (κ2) is 6.91. The minimum Gasteiger partial charge on any atom is -0.507 e. The van der Waals surface area contributed by atoms with Crippen LogP contribution >= 0.6 is 0 Å². The van der Waals surface area contributed by atoms with Gasteiger partial charge >= 0.3 is 5.97 Å². The molecule has 2 aromatic carbocycles. The van der Waals surface area contributed by atoms with E-state index in [2.05, 4.69) is 5.32 Å². The quantitative estimate of drug-likeness (QED) is 0.850. The Morgan fingerprint density at radius 3 is 2.65 bits per heavy atom. The molecule has 0 unspecified atom stereocenters. The normalized spacial score (nSPS) is 11.6. The molecule has 0 spiro atoms. The molecule has 0 fully saturated rings. The van der Waals surface area contributed by atoms with E-state index in [1.54, 1.807) is 13.0 Å². The number of esters is 1. The van der Waals surface area contributed by atoms with Crippen molar-refractivity contribution in [2.24, 2.45) is 0 Å². The number of nitrogens with one attached hydrogen (secondary N) is 1. The Morgan fingerprint density at radius 1 is 1.22 bits per heavy atom. The molecular weight excluding hydrogens is 301 g/mol. The minimum absolute atomic E-state index is 0.0181. The average Bonchev–Trinajstić information content (AvgIpc) is 2.49. The molecule has 0 radical (unpaired) electrons. The van der Waals surface area contributed by atoms with Gasteiger partial charge in [0, 0.05) is 5.69 Å². The van der Waals surface area contributed by atoms with Gasteiger partial charge in [-0.3, -0.25) is 4.79 Å². The van der Waals surface area contributed by atoms with Crippen molar-refractivity contribution in [3.8, 4) is 5.75 Å². The summed E-state index contributed by atoms with van der Waals surface area (Å²) in [6.07, 6.45) is -1.11. The molecule has 2 rings (SSSR count). The number of ether oxygens (including phenoxy) is 1. The summed E-state index contributed by atoms with van der Waals surface area (Å²) in [5, 5.41) is 12.1. The summed E-state index contributed by atoms with van der Waals surface area (Å²) in [6, 6.07) is 9.86. The summed E-state index contributed by atoms with van der Waals surface area (Å²) in [6.45, 7) is 3.15. The average molecular weight is 317 g/mol. The highest BCUT2D eigenvalue weighted by Crippen LogP contribution is 2.20. The van der Waals surface area contributed by atoms with Crippen LogP contribution in [0.15, 0.2) is 42.5 Å². The van der Waals surface area contributed by atoms with Crippen LogP contribution in [0.4, 0.5) is 10.1 Å². The maximum Gasteiger partial charge on any atom is 0.342 e. The second-order valence-electron chi connectivity index (χ2n) is 5.07. The maximum absolute atomic E-state index is 13.1. The summed E-state index contributed by atoms with van der Waals surface area (Å²) >= 11 is 0. The third kappa shape index (κ3) is 4.29. The molecule has 6 heteroatoms. The number of benzene rings is 2. The Kier molecular flexibility index (Phi) is 4.95. The van der Waals surface area contributed by atoms with Crippen LogP contribution in [0.5, 0.6) is 5.75 Å². The van der Waals surface area contributed by atoms with Gasteiger partial charge in [-0.2, -0.15) is 0 Å². The number of halogens is 1. The summed E-state index contributed by atoms with van der Waals surface area (Å²) in [5.41, 5.74) is 1.01. The van der Waals surface area contributed by atoms with E-state index in [0.717, 1.165) is 11.6 Å². The van der Waals surface area contributed by atoms with Gasteiger partial charge < -0.3 is 15.2 Å². The third-order valence-electron chi connectivity index (χ3n) is 3.12. The van der Waals surface area contributed by atoms with E-state index in [1.807, 2.05) is 0 Å². The van der Waals surface area contributed by atoms with E-state index >= 15 is 0 Å².